The van der Waals surface area contributed by atoms with Crippen molar-refractivity contribution in [2.75, 3.05) is 9.80 Å². The van der Waals surface area contributed by atoms with Crippen LogP contribution in [-0.4, -0.2) is 21.8 Å². The molecule has 8 heteroatoms. The Morgan fingerprint density at radius 3 is 1.43 bits per heavy atom. The molecule has 4 heterocycles. The first-order valence-corrected chi connectivity index (χ1v) is 16.6. The molecule has 2 saturated heterocycles. The van der Waals surface area contributed by atoms with E-state index in [9.17, 15) is 9.59 Å². The van der Waals surface area contributed by atoms with Crippen LogP contribution in [0.25, 0.3) is 20.4 Å². The summed E-state index contributed by atoms with van der Waals surface area (Å²) in [4.78, 5) is 41.2. The number of β-lactam (4-membered cyclic amide) rings is 2. The number of nitrogens with zero attached hydrogens (tertiary/aromatic N) is 4. The Morgan fingerprint density at radius 2 is 1.02 bits per heavy atom. The average Bonchev–Trinajstić information content (AvgIpc) is 3.64. The zero-order valence-corrected chi connectivity index (χ0v) is 26.0. The molecule has 4 aromatic carbocycles. The van der Waals surface area contributed by atoms with Crippen molar-refractivity contribution >= 4 is 65.2 Å². The van der Waals surface area contributed by atoms with Crippen LogP contribution in [0.5, 0.6) is 0 Å². The molecule has 0 bridgehead atoms. The molecule has 2 fully saturated rings. The van der Waals surface area contributed by atoms with Gasteiger partial charge >= 0.3 is 0 Å². The number of rotatable bonds is 7. The predicted molar refractivity (Wildman–Crippen MR) is 178 cm³/mol. The molecule has 2 aromatic heterocycles. The Kier molecular flexibility index (Phi) is 6.57. The molecule has 2 aliphatic heterocycles. The number of hydrogen-bond donors (Lipinski definition) is 0. The van der Waals surface area contributed by atoms with Crippen molar-refractivity contribution in [2.24, 2.45) is 11.8 Å². The maximum absolute atomic E-state index is 13.9. The summed E-state index contributed by atoms with van der Waals surface area (Å²) >= 11 is 3.11. The summed E-state index contributed by atoms with van der Waals surface area (Å²) in [6.45, 7) is 4.16. The molecule has 0 radical (unpaired) electrons. The third kappa shape index (κ3) is 4.43. The van der Waals surface area contributed by atoms with E-state index in [1.807, 2.05) is 58.3 Å². The van der Waals surface area contributed by atoms with Crippen molar-refractivity contribution in [1.29, 1.82) is 0 Å². The van der Waals surface area contributed by atoms with Gasteiger partial charge in [-0.25, -0.2) is 9.97 Å². The number of aryl methyl sites for hydroxylation is 2. The largest absolute Gasteiger partial charge is 0.279 e. The first kappa shape index (κ1) is 27.2. The summed E-state index contributed by atoms with van der Waals surface area (Å²) in [5, 5.41) is 1.47. The van der Waals surface area contributed by atoms with Crippen molar-refractivity contribution in [1.82, 2.24) is 9.97 Å². The molecule has 0 aliphatic carbocycles. The number of carbonyl (C=O) groups is 2. The fourth-order valence-corrected chi connectivity index (χ4v) is 8.86. The van der Waals surface area contributed by atoms with Gasteiger partial charge in [0.15, 0.2) is 10.3 Å². The lowest BCUT2D eigenvalue weighted by atomic mass is 9.74. The Balaban J connectivity index is 1.10. The Labute approximate surface area is 263 Å². The minimum absolute atomic E-state index is 0.0810. The van der Waals surface area contributed by atoms with Gasteiger partial charge in [-0.05, 0) is 62.1 Å². The van der Waals surface area contributed by atoms with Crippen molar-refractivity contribution in [2.45, 2.75) is 38.8 Å². The molecule has 0 N–H and O–H groups in total. The zero-order valence-electron chi connectivity index (χ0n) is 24.4. The number of para-hydroxylation sites is 2. The summed E-state index contributed by atoms with van der Waals surface area (Å²) in [5.41, 5.74) is 6.35. The van der Waals surface area contributed by atoms with Gasteiger partial charge in [0.2, 0.25) is 11.8 Å². The molecule has 44 heavy (non-hydrogen) atoms. The summed E-state index contributed by atoms with van der Waals surface area (Å²) in [5.74, 6) is -0.271. The molecule has 4 unspecified atom stereocenters. The van der Waals surface area contributed by atoms with E-state index >= 15 is 0 Å². The zero-order chi connectivity index (χ0) is 29.9. The van der Waals surface area contributed by atoms with Gasteiger partial charge in [0.25, 0.3) is 0 Å². The molecule has 6 nitrogen and oxygen atoms in total. The first-order chi connectivity index (χ1) is 21.5. The van der Waals surface area contributed by atoms with Crippen molar-refractivity contribution in [3.63, 3.8) is 0 Å². The van der Waals surface area contributed by atoms with Gasteiger partial charge in [-0.15, -0.1) is 0 Å². The topological polar surface area (TPSA) is 66.4 Å². The number of hydrogen-bond acceptors (Lipinski definition) is 6. The smallest absolute Gasteiger partial charge is 0.234 e. The molecule has 6 aromatic rings. The van der Waals surface area contributed by atoms with E-state index in [2.05, 4.69) is 62.4 Å². The quantitative estimate of drug-likeness (QED) is 0.169. The van der Waals surface area contributed by atoms with Gasteiger partial charge in [-0.2, -0.15) is 0 Å². The van der Waals surface area contributed by atoms with Gasteiger partial charge < -0.3 is 0 Å². The lowest BCUT2D eigenvalue weighted by molar-refractivity contribution is -0.134. The lowest BCUT2D eigenvalue weighted by Gasteiger charge is -2.49. The predicted octanol–water partition coefficient (Wildman–Crippen LogP) is 8.41. The number of amides is 2. The third-order valence-electron chi connectivity index (χ3n) is 8.96. The van der Waals surface area contributed by atoms with E-state index in [-0.39, 0.29) is 35.7 Å². The Morgan fingerprint density at radius 1 is 0.591 bits per heavy atom. The van der Waals surface area contributed by atoms with Crippen LogP contribution in [0.2, 0.25) is 0 Å². The third-order valence-corrected chi connectivity index (χ3v) is 11.0. The second kappa shape index (κ2) is 10.6. The minimum atomic E-state index is -0.216. The highest BCUT2D eigenvalue weighted by atomic mass is 32.1. The van der Waals surface area contributed by atoms with Gasteiger partial charge in [0, 0.05) is 0 Å². The number of thiazole rings is 2. The number of benzene rings is 4. The Bertz CT molecular complexity index is 1850. The highest BCUT2D eigenvalue weighted by molar-refractivity contribution is 7.22. The van der Waals surface area contributed by atoms with Gasteiger partial charge in [0.1, 0.15) is 0 Å². The number of carbonyl (C=O) groups excluding carboxylic acids is 2. The second-order valence-electron chi connectivity index (χ2n) is 11.9. The molecule has 2 aliphatic rings. The molecule has 2 amide bonds. The van der Waals surface area contributed by atoms with E-state index in [0.717, 1.165) is 53.0 Å². The Hall–Kier alpha value is -4.40. The van der Waals surface area contributed by atoms with Crippen LogP contribution in [-0.2, 0) is 9.59 Å². The van der Waals surface area contributed by atoms with Crippen LogP contribution < -0.4 is 9.80 Å². The first-order valence-electron chi connectivity index (χ1n) is 15.0. The fourth-order valence-electron chi connectivity index (χ4n) is 6.84. The summed E-state index contributed by atoms with van der Waals surface area (Å²) < 4.78 is 2.13. The summed E-state index contributed by atoms with van der Waals surface area (Å²) in [6, 6.07) is 32.6. The van der Waals surface area contributed by atoms with Crippen LogP contribution in [0.4, 0.5) is 10.3 Å². The standard InChI is InChI=1S/C36H30N4O2S2/c1-21-9-7-11-23(19-21)31-25(33(41)39(31)35-37-27-13-3-5-15-29(27)43-35)17-18-26-32(24-12-8-10-22(2)20-24)40(34(26)42)36-38-28-14-4-6-16-30(28)44-36/h3-16,19-20,25-26,31-32H,17-18H2,1-2H3. The number of aromatic nitrogens is 2. The van der Waals surface area contributed by atoms with Crippen LogP contribution in [0.3, 0.4) is 0 Å². The van der Waals surface area contributed by atoms with E-state index in [1.165, 1.54) is 0 Å². The minimum Gasteiger partial charge on any atom is -0.279 e. The van der Waals surface area contributed by atoms with Gasteiger partial charge in [-0.3, -0.25) is 19.4 Å². The van der Waals surface area contributed by atoms with E-state index < -0.39 is 0 Å². The van der Waals surface area contributed by atoms with Gasteiger partial charge in [0.05, 0.1) is 44.4 Å². The van der Waals surface area contributed by atoms with Crippen molar-refractivity contribution in [3.05, 3.63) is 119 Å². The second-order valence-corrected chi connectivity index (χ2v) is 13.9. The molecular formula is C36H30N4O2S2. The highest BCUT2D eigenvalue weighted by Crippen LogP contribution is 2.52. The maximum Gasteiger partial charge on any atom is 0.234 e. The van der Waals surface area contributed by atoms with Crippen LogP contribution in [0.1, 0.15) is 47.2 Å². The molecule has 0 spiro atoms. The summed E-state index contributed by atoms with van der Waals surface area (Å²) in [6.07, 6.45) is 1.26. The van der Waals surface area contributed by atoms with Crippen LogP contribution >= 0.6 is 22.7 Å². The average molecular weight is 615 g/mol. The fraction of sp³-hybridized carbons (Fsp3) is 0.222. The molecule has 0 saturated carbocycles. The SMILES string of the molecule is Cc1cccc(C2C(CCC3C(=O)N(c4nc5ccccc5s4)C3c3cccc(C)c3)C(=O)N2c2nc3ccccc3s2)c1. The molecule has 8 rings (SSSR count). The maximum atomic E-state index is 13.9. The van der Waals surface area contributed by atoms with E-state index in [4.69, 9.17) is 9.97 Å². The van der Waals surface area contributed by atoms with Crippen molar-refractivity contribution < 1.29 is 9.59 Å². The van der Waals surface area contributed by atoms with Crippen LogP contribution in [0, 0.1) is 25.7 Å². The molecule has 4 atom stereocenters. The molecular weight excluding hydrogens is 585 g/mol. The van der Waals surface area contributed by atoms with Crippen LogP contribution in [0.15, 0.2) is 97.1 Å². The molecule has 218 valence electrons. The highest BCUT2D eigenvalue weighted by Gasteiger charge is 2.53. The van der Waals surface area contributed by atoms with Crippen molar-refractivity contribution in [3.8, 4) is 0 Å². The number of fused-ring (bicyclic) bond motifs is 2. The van der Waals surface area contributed by atoms with Gasteiger partial charge in [-0.1, -0.05) is 107 Å². The van der Waals surface area contributed by atoms with E-state index in [1.54, 1.807) is 22.7 Å². The lowest BCUT2D eigenvalue weighted by Crippen LogP contribution is -2.57. The summed E-state index contributed by atoms with van der Waals surface area (Å²) in [7, 11) is 0. The monoisotopic (exact) mass is 614 g/mol. The normalized spacial score (nSPS) is 21.6. The van der Waals surface area contributed by atoms with E-state index in [0.29, 0.717) is 12.8 Å². The number of anilines is 2.